The lowest BCUT2D eigenvalue weighted by molar-refractivity contribution is 0.0300. The number of piperazine rings is 1. The number of benzene rings is 1. The first-order valence-electron chi connectivity index (χ1n) is 8.46. The number of hydrogen-bond acceptors (Lipinski definition) is 3. The van der Waals surface area contributed by atoms with Crippen LogP contribution in [-0.4, -0.2) is 68.3 Å². The van der Waals surface area contributed by atoms with Crippen molar-refractivity contribution in [1.29, 1.82) is 0 Å². The predicted octanol–water partition coefficient (Wildman–Crippen LogP) is 2.55. The topological polar surface area (TPSA) is 9.72 Å². The second-order valence-electron chi connectivity index (χ2n) is 7.05. The maximum Gasteiger partial charge on any atom is 0.126 e. The zero-order chi connectivity index (χ0) is 15.6. The van der Waals surface area contributed by atoms with E-state index in [1.807, 2.05) is 0 Å². The van der Waals surface area contributed by atoms with Gasteiger partial charge in [-0.3, -0.25) is 4.90 Å². The largest absolute Gasteiger partial charge is 0.369 e. The Hall–Kier alpha value is -1.13. The Kier molecular flexibility index (Phi) is 4.69. The van der Waals surface area contributed by atoms with Gasteiger partial charge in [0.15, 0.2) is 0 Å². The quantitative estimate of drug-likeness (QED) is 0.850. The molecule has 0 unspecified atom stereocenters. The third kappa shape index (κ3) is 3.79. The molecule has 0 aromatic heterocycles. The summed E-state index contributed by atoms with van der Waals surface area (Å²) in [6, 6.07) is 8.71. The van der Waals surface area contributed by atoms with E-state index >= 15 is 0 Å². The van der Waals surface area contributed by atoms with Gasteiger partial charge >= 0.3 is 0 Å². The number of nitrogens with zero attached hydrogens (tertiary/aromatic N) is 3. The molecule has 0 radical (unpaired) electrons. The molecule has 0 bridgehead atoms. The third-order valence-corrected chi connectivity index (χ3v) is 5.16. The summed E-state index contributed by atoms with van der Waals surface area (Å²) >= 11 is 0. The van der Waals surface area contributed by atoms with E-state index in [1.165, 1.54) is 11.3 Å². The number of alkyl halides is 1. The lowest BCUT2D eigenvalue weighted by Crippen LogP contribution is -2.53. The van der Waals surface area contributed by atoms with Crippen molar-refractivity contribution in [2.24, 2.45) is 0 Å². The highest BCUT2D eigenvalue weighted by molar-refractivity contribution is 5.47. The lowest BCUT2D eigenvalue weighted by atomic mass is 9.92. The number of halogens is 1. The second kappa shape index (κ2) is 6.55. The Labute approximate surface area is 133 Å². The fourth-order valence-electron chi connectivity index (χ4n) is 3.50. The average molecular weight is 305 g/mol. The van der Waals surface area contributed by atoms with Crippen molar-refractivity contribution in [2.45, 2.75) is 25.4 Å². The van der Waals surface area contributed by atoms with Crippen LogP contribution in [0.2, 0.25) is 0 Å². The maximum atomic E-state index is 14.9. The molecule has 1 aromatic carbocycles. The fraction of sp³-hybridized carbons (Fsp3) is 0.667. The van der Waals surface area contributed by atoms with Gasteiger partial charge in [-0.15, -0.1) is 0 Å². The van der Waals surface area contributed by atoms with Gasteiger partial charge in [0.25, 0.3) is 0 Å². The minimum atomic E-state index is -0.974. The van der Waals surface area contributed by atoms with Gasteiger partial charge in [-0.2, -0.15) is 0 Å². The summed E-state index contributed by atoms with van der Waals surface area (Å²) in [6.07, 6.45) is 1.36. The van der Waals surface area contributed by atoms with E-state index in [0.717, 1.165) is 39.3 Å². The molecule has 22 heavy (non-hydrogen) atoms. The summed E-state index contributed by atoms with van der Waals surface area (Å²) in [5.74, 6) is 0. The molecule has 0 amide bonds. The van der Waals surface area contributed by atoms with Crippen molar-refractivity contribution in [1.82, 2.24) is 9.80 Å². The third-order valence-electron chi connectivity index (χ3n) is 5.16. The Morgan fingerprint density at radius 2 is 1.55 bits per heavy atom. The van der Waals surface area contributed by atoms with Crippen LogP contribution in [-0.2, 0) is 0 Å². The standard InChI is InChI=1S/C18H28FN3/c1-16-3-5-17(6-4-16)22-13-11-21(12-14-22)15-18(19)7-9-20(2)10-8-18/h3-6H,7-15H2,1-2H3. The van der Waals surface area contributed by atoms with Crippen LogP contribution >= 0.6 is 0 Å². The predicted molar refractivity (Wildman–Crippen MR) is 90.4 cm³/mol. The highest BCUT2D eigenvalue weighted by atomic mass is 19.1. The Morgan fingerprint density at radius 1 is 0.955 bits per heavy atom. The smallest absolute Gasteiger partial charge is 0.126 e. The van der Waals surface area contributed by atoms with Crippen LogP contribution in [0.25, 0.3) is 0 Å². The van der Waals surface area contributed by atoms with E-state index < -0.39 is 5.67 Å². The van der Waals surface area contributed by atoms with Crippen LogP contribution < -0.4 is 4.90 Å². The zero-order valence-corrected chi connectivity index (χ0v) is 13.9. The Balaban J connectivity index is 1.50. The van der Waals surface area contributed by atoms with E-state index in [2.05, 4.69) is 52.9 Å². The number of piperidine rings is 1. The van der Waals surface area contributed by atoms with Crippen molar-refractivity contribution in [3.05, 3.63) is 29.8 Å². The minimum Gasteiger partial charge on any atom is -0.369 e. The fourth-order valence-corrected chi connectivity index (χ4v) is 3.50. The van der Waals surface area contributed by atoms with Crippen LogP contribution in [0.5, 0.6) is 0 Å². The highest BCUT2D eigenvalue weighted by Gasteiger charge is 2.36. The van der Waals surface area contributed by atoms with E-state index in [-0.39, 0.29) is 0 Å². The first-order valence-corrected chi connectivity index (χ1v) is 8.46. The molecular weight excluding hydrogens is 277 g/mol. The van der Waals surface area contributed by atoms with E-state index in [9.17, 15) is 4.39 Å². The molecule has 0 saturated carbocycles. The van der Waals surface area contributed by atoms with Gasteiger partial charge in [0.05, 0.1) is 0 Å². The van der Waals surface area contributed by atoms with Gasteiger partial charge in [0.1, 0.15) is 5.67 Å². The molecule has 2 aliphatic heterocycles. The molecule has 4 heteroatoms. The molecule has 2 aliphatic rings. The number of likely N-dealkylation sites (tertiary alicyclic amines) is 1. The normalized spacial score (nSPS) is 23.7. The summed E-state index contributed by atoms with van der Waals surface area (Å²) in [5, 5.41) is 0. The molecule has 3 rings (SSSR count). The summed E-state index contributed by atoms with van der Waals surface area (Å²) in [4.78, 5) is 6.96. The van der Waals surface area contributed by atoms with Crippen molar-refractivity contribution < 1.29 is 4.39 Å². The molecular formula is C18H28FN3. The zero-order valence-electron chi connectivity index (χ0n) is 13.9. The monoisotopic (exact) mass is 305 g/mol. The molecule has 1 aromatic rings. The second-order valence-corrected chi connectivity index (χ2v) is 7.05. The van der Waals surface area contributed by atoms with Crippen LogP contribution in [0.15, 0.2) is 24.3 Å². The molecule has 2 heterocycles. The summed E-state index contributed by atoms with van der Waals surface area (Å²) in [5.41, 5.74) is 1.61. The first kappa shape index (κ1) is 15.8. The highest BCUT2D eigenvalue weighted by Crippen LogP contribution is 2.28. The van der Waals surface area contributed by atoms with E-state index in [1.54, 1.807) is 0 Å². The maximum absolute atomic E-state index is 14.9. The Bertz CT molecular complexity index is 472. The molecule has 2 fully saturated rings. The minimum absolute atomic E-state index is 0.614. The van der Waals surface area contributed by atoms with Crippen LogP contribution in [0, 0.1) is 6.92 Å². The molecule has 0 aliphatic carbocycles. The van der Waals surface area contributed by atoms with Crippen molar-refractivity contribution in [2.75, 3.05) is 57.8 Å². The number of rotatable bonds is 3. The Morgan fingerprint density at radius 3 is 2.14 bits per heavy atom. The van der Waals surface area contributed by atoms with Gasteiger partial charge in [0, 0.05) is 51.5 Å². The van der Waals surface area contributed by atoms with E-state index in [0.29, 0.717) is 19.4 Å². The van der Waals surface area contributed by atoms with Crippen molar-refractivity contribution in [3.8, 4) is 0 Å². The molecule has 0 atom stereocenters. The number of aryl methyl sites for hydroxylation is 1. The van der Waals surface area contributed by atoms with Gasteiger partial charge < -0.3 is 9.80 Å². The van der Waals surface area contributed by atoms with Gasteiger partial charge in [-0.1, -0.05) is 17.7 Å². The van der Waals surface area contributed by atoms with E-state index in [4.69, 9.17) is 0 Å². The molecule has 0 N–H and O–H groups in total. The van der Waals surface area contributed by atoms with Crippen LogP contribution in [0.4, 0.5) is 10.1 Å². The number of anilines is 1. The number of hydrogen-bond donors (Lipinski definition) is 0. The molecule has 2 saturated heterocycles. The van der Waals surface area contributed by atoms with Gasteiger partial charge in [-0.05, 0) is 38.9 Å². The summed E-state index contributed by atoms with van der Waals surface area (Å²) < 4.78 is 14.9. The van der Waals surface area contributed by atoms with Crippen LogP contribution in [0.3, 0.4) is 0 Å². The van der Waals surface area contributed by atoms with Gasteiger partial charge in [-0.25, -0.2) is 4.39 Å². The van der Waals surface area contributed by atoms with Gasteiger partial charge in [0.2, 0.25) is 0 Å². The summed E-state index contributed by atoms with van der Waals surface area (Å²) in [6.45, 7) is 8.44. The SMILES string of the molecule is Cc1ccc(N2CCN(CC3(F)CCN(C)CC3)CC2)cc1. The molecule has 3 nitrogen and oxygen atoms in total. The first-order chi connectivity index (χ1) is 10.5. The molecule has 122 valence electrons. The van der Waals surface area contributed by atoms with Crippen molar-refractivity contribution in [3.63, 3.8) is 0 Å². The van der Waals surface area contributed by atoms with Crippen LogP contribution in [0.1, 0.15) is 18.4 Å². The molecule has 0 spiro atoms. The summed E-state index contributed by atoms with van der Waals surface area (Å²) in [7, 11) is 2.08. The average Bonchev–Trinajstić information content (AvgIpc) is 2.52. The lowest BCUT2D eigenvalue weighted by Gasteiger charge is -2.41. The van der Waals surface area contributed by atoms with Crippen molar-refractivity contribution >= 4 is 5.69 Å².